The largest absolute Gasteiger partial charge is 0.327 e. The van der Waals surface area contributed by atoms with Gasteiger partial charge in [0.05, 0.1) is 0 Å². The zero-order valence-corrected chi connectivity index (χ0v) is 8.28. The third-order valence-corrected chi connectivity index (χ3v) is 3.20. The van der Waals surface area contributed by atoms with Gasteiger partial charge in [0, 0.05) is 16.2 Å². The zero-order chi connectivity index (χ0) is 7.68. The molecule has 0 radical (unpaired) electrons. The van der Waals surface area contributed by atoms with E-state index in [0.29, 0.717) is 11.3 Å². The van der Waals surface area contributed by atoms with Gasteiger partial charge in [-0.2, -0.15) is 0 Å². The lowest BCUT2D eigenvalue weighted by Gasteiger charge is -1.96. The van der Waals surface area contributed by atoms with E-state index in [9.17, 15) is 0 Å². The van der Waals surface area contributed by atoms with E-state index in [2.05, 4.69) is 24.3 Å². The molecule has 0 unspecified atom stereocenters. The van der Waals surface area contributed by atoms with E-state index in [0.717, 1.165) is 0 Å². The SMILES string of the molecule is Cl.N[C@H]1C[C@@H]1Sc1ccccc1. The predicted molar refractivity (Wildman–Crippen MR) is 55.9 cm³/mol. The van der Waals surface area contributed by atoms with Crippen LogP contribution in [0.3, 0.4) is 0 Å². The number of benzene rings is 1. The van der Waals surface area contributed by atoms with Crippen LogP contribution in [0.4, 0.5) is 0 Å². The standard InChI is InChI=1S/C9H11NS.ClH/c10-8-6-9(8)11-7-4-2-1-3-5-7;/h1-5,8-9H,6,10H2;1H/t8-,9-;/m0./s1. The summed E-state index contributed by atoms with van der Waals surface area (Å²) in [6, 6.07) is 10.9. The molecule has 3 heteroatoms. The molecule has 2 N–H and O–H groups in total. The Morgan fingerprint density at radius 1 is 1.25 bits per heavy atom. The van der Waals surface area contributed by atoms with Crippen molar-refractivity contribution in [3.8, 4) is 0 Å². The van der Waals surface area contributed by atoms with Gasteiger partial charge in [-0.15, -0.1) is 24.2 Å². The van der Waals surface area contributed by atoms with Gasteiger partial charge in [0.2, 0.25) is 0 Å². The minimum absolute atomic E-state index is 0. The second-order valence-corrected chi connectivity index (χ2v) is 4.18. The van der Waals surface area contributed by atoms with Crippen LogP contribution in [0.2, 0.25) is 0 Å². The second-order valence-electron chi connectivity index (χ2n) is 2.87. The van der Waals surface area contributed by atoms with Crippen LogP contribution in [0.15, 0.2) is 35.2 Å². The topological polar surface area (TPSA) is 26.0 Å². The minimum Gasteiger partial charge on any atom is -0.327 e. The van der Waals surface area contributed by atoms with Gasteiger partial charge in [-0.05, 0) is 18.6 Å². The highest BCUT2D eigenvalue weighted by molar-refractivity contribution is 8.00. The van der Waals surface area contributed by atoms with Crippen LogP contribution in [-0.2, 0) is 0 Å². The van der Waals surface area contributed by atoms with Crippen LogP contribution >= 0.6 is 24.2 Å². The van der Waals surface area contributed by atoms with Crippen LogP contribution in [0, 0.1) is 0 Å². The lowest BCUT2D eigenvalue weighted by molar-refractivity contribution is 1.07. The third kappa shape index (κ3) is 2.41. The number of hydrogen-bond acceptors (Lipinski definition) is 2. The average molecular weight is 202 g/mol. The summed E-state index contributed by atoms with van der Waals surface area (Å²) in [5.41, 5.74) is 5.69. The molecule has 0 heterocycles. The first-order valence-corrected chi connectivity index (χ1v) is 4.71. The molecule has 0 saturated heterocycles. The molecule has 1 aromatic rings. The maximum atomic E-state index is 5.69. The van der Waals surface area contributed by atoms with Crippen molar-refractivity contribution in [1.82, 2.24) is 0 Å². The van der Waals surface area contributed by atoms with Gasteiger partial charge in [0.1, 0.15) is 0 Å². The Bertz CT molecular complexity index is 240. The average Bonchev–Trinajstić information content (AvgIpc) is 2.69. The summed E-state index contributed by atoms with van der Waals surface area (Å²) in [7, 11) is 0. The Hall–Kier alpha value is -0.180. The van der Waals surface area contributed by atoms with Crippen molar-refractivity contribution in [2.75, 3.05) is 0 Å². The van der Waals surface area contributed by atoms with E-state index < -0.39 is 0 Å². The summed E-state index contributed by atoms with van der Waals surface area (Å²) in [6.07, 6.45) is 1.18. The van der Waals surface area contributed by atoms with E-state index in [1.807, 2.05) is 17.8 Å². The van der Waals surface area contributed by atoms with Gasteiger partial charge in [-0.3, -0.25) is 0 Å². The van der Waals surface area contributed by atoms with Crippen molar-refractivity contribution in [3.05, 3.63) is 30.3 Å². The Morgan fingerprint density at radius 2 is 1.83 bits per heavy atom. The maximum Gasteiger partial charge on any atom is 0.0261 e. The van der Waals surface area contributed by atoms with Crippen LogP contribution in [0.5, 0.6) is 0 Å². The van der Waals surface area contributed by atoms with Gasteiger partial charge < -0.3 is 5.73 Å². The summed E-state index contributed by atoms with van der Waals surface area (Å²) in [5.74, 6) is 0. The molecular formula is C9H12ClNS. The molecule has 0 aromatic heterocycles. The first kappa shape index (κ1) is 9.90. The summed E-state index contributed by atoms with van der Waals surface area (Å²) in [5, 5.41) is 0.678. The van der Waals surface area contributed by atoms with E-state index in [1.165, 1.54) is 11.3 Å². The van der Waals surface area contributed by atoms with Crippen LogP contribution < -0.4 is 5.73 Å². The Labute approximate surface area is 83.1 Å². The quantitative estimate of drug-likeness (QED) is 0.795. The monoisotopic (exact) mass is 201 g/mol. The predicted octanol–water partition coefficient (Wildman–Crippen LogP) is 2.30. The van der Waals surface area contributed by atoms with Crippen molar-refractivity contribution in [3.63, 3.8) is 0 Å². The molecule has 0 amide bonds. The lowest BCUT2D eigenvalue weighted by atomic mass is 10.4. The van der Waals surface area contributed by atoms with E-state index in [4.69, 9.17) is 5.73 Å². The van der Waals surface area contributed by atoms with Gasteiger partial charge in [0.15, 0.2) is 0 Å². The summed E-state index contributed by atoms with van der Waals surface area (Å²) >= 11 is 1.89. The fourth-order valence-electron chi connectivity index (χ4n) is 0.999. The van der Waals surface area contributed by atoms with Crippen molar-refractivity contribution in [1.29, 1.82) is 0 Å². The molecule has 1 aliphatic rings. The number of halogens is 1. The Kier molecular flexibility index (Phi) is 3.44. The van der Waals surface area contributed by atoms with Crippen molar-refractivity contribution < 1.29 is 0 Å². The van der Waals surface area contributed by atoms with Gasteiger partial charge in [-0.25, -0.2) is 0 Å². The van der Waals surface area contributed by atoms with Crippen LogP contribution in [0.25, 0.3) is 0 Å². The molecule has 0 aliphatic heterocycles. The van der Waals surface area contributed by atoms with Crippen molar-refractivity contribution in [2.45, 2.75) is 22.6 Å². The molecule has 0 bridgehead atoms. The maximum absolute atomic E-state index is 5.69. The molecular weight excluding hydrogens is 190 g/mol. The number of thioether (sulfide) groups is 1. The van der Waals surface area contributed by atoms with Crippen LogP contribution in [-0.4, -0.2) is 11.3 Å². The first-order chi connectivity index (χ1) is 5.36. The van der Waals surface area contributed by atoms with Gasteiger partial charge in [-0.1, -0.05) is 18.2 Å². The molecule has 0 spiro atoms. The molecule has 2 atom stereocenters. The highest BCUT2D eigenvalue weighted by Gasteiger charge is 2.33. The molecule has 12 heavy (non-hydrogen) atoms. The molecule has 2 rings (SSSR count). The second kappa shape index (κ2) is 4.17. The Morgan fingerprint density at radius 3 is 2.33 bits per heavy atom. The molecule has 66 valence electrons. The zero-order valence-electron chi connectivity index (χ0n) is 6.64. The molecule has 1 fully saturated rings. The summed E-state index contributed by atoms with van der Waals surface area (Å²) < 4.78 is 0. The fourth-order valence-corrected chi connectivity index (χ4v) is 2.16. The lowest BCUT2D eigenvalue weighted by Crippen LogP contribution is -2.01. The first-order valence-electron chi connectivity index (χ1n) is 3.83. The number of rotatable bonds is 2. The van der Waals surface area contributed by atoms with Crippen molar-refractivity contribution >= 4 is 24.2 Å². The molecule has 1 aromatic carbocycles. The normalized spacial score (nSPS) is 26.1. The van der Waals surface area contributed by atoms with E-state index >= 15 is 0 Å². The van der Waals surface area contributed by atoms with Gasteiger partial charge in [0.25, 0.3) is 0 Å². The van der Waals surface area contributed by atoms with Crippen molar-refractivity contribution in [2.24, 2.45) is 5.73 Å². The minimum atomic E-state index is 0. The van der Waals surface area contributed by atoms with E-state index in [-0.39, 0.29) is 12.4 Å². The highest BCUT2D eigenvalue weighted by atomic mass is 35.5. The number of hydrogen-bond donors (Lipinski definition) is 1. The van der Waals surface area contributed by atoms with E-state index in [1.54, 1.807) is 0 Å². The summed E-state index contributed by atoms with van der Waals surface area (Å²) in [6.45, 7) is 0. The fraction of sp³-hybridized carbons (Fsp3) is 0.333. The Balaban J connectivity index is 0.000000720. The molecule has 1 saturated carbocycles. The number of nitrogens with two attached hydrogens (primary N) is 1. The van der Waals surface area contributed by atoms with Crippen LogP contribution in [0.1, 0.15) is 6.42 Å². The highest BCUT2D eigenvalue weighted by Crippen LogP contribution is 2.37. The molecule has 1 aliphatic carbocycles. The van der Waals surface area contributed by atoms with Gasteiger partial charge >= 0.3 is 0 Å². The summed E-state index contributed by atoms with van der Waals surface area (Å²) in [4.78, 5) is 1.34. The smallest absolute Gasteiger partial charge is 0.0261 e. The third-order valence-electron chi connectivity index (χ3n) is 1.81. The molecule has 1 nitrogen and oxygen atoms in total.